The molecular formula is C10H18N2O3S. The third-order valence-electron chi connectivity index (χ3n) is 2.97. The number of ether oxygens (including phenoxy) is 1. The predicted molar refractivity (Wildman–Crippen MR) is 60.1 cm³/mol. The summed E-state index contributed by atoms with van der Waals surface area (Å²) in [5, 5.41) is 7.60. The number of hydrogen-bond donors (Lipinski definition) is 1. The van der Waals surface area contributed by atoms with Gasteiger partial charge in [-0.3, -0.25) is 0 Å². The van der Waals surface area contributed by atoms with E-state index >= 15 is 0 Å². The van der Waals surface area contributed by atoms with Crippen molar-refractivity contribution >= 4 is 10.0 Å². The van der Waals surface area contributed by atoms with Crippen LogP contribution in [0.5, 0.6) is 0 Å². The summed E-state index contributed by atoms with van der Waals surface area (Å²) >= 11 is 0. The Morgan fingerprint density at radius 2 is 1.94 bits per heavy atom. The maximum Gasteiger partial charge on any atom is 0.227 e. The standard InChI is InChI=1S/C10H18N2O3S/c1-8(7-11)16(13,14)12-9(2)10-3-5-15-6-4-10/h8-10,12H,3-6H2,1-2H3. The zero-order chi connectivity index (χ0) is 12.2. The van der Waals surface area contributed by atoms with Crippen molar-refractivity contribution in [1.82, 2.24) is 4.72 Å². The van der Waals surface area contributed by atoms with E-state index in [0.717, 1.165) is 12.8 Å². The molecule has 2 atom stereocenters. The molecule has 1 saturated heterocycles. The number of sulfonamides is 1. The molecule has 0 bridgehead atoms. The van der Waals surface area contributed by atoms with E-state index in [1.54, 1.807) is 6.07 Å². The van der Waals surface area contributed by atoms with Gasteiger partial charge in [0.05, 0.1) is 6.07 Å². The molecule has 0 saturated carbocycles. The number of nitrogens with one attached hydrogen (secondary N) is 1. The van der Waals surface area contributed by atoms with Crippen LogP contribution < -0.4 is 4.72 Å². The lowest BCUT2D eigenvalue weighted by atomic mass is 9.94. The summed E-state index contributed by atoms with van der Waals surface area (Å²) in [5.41, 5.74) is 0. The van der Waals surface area contributed by atoms with Gasteiger partial charge in [-0.2, -0.15) is 5.26 Å². The molecule has 0 spiro atoms. The largest absolute Gasteiger partial charge is 0.381 e. The molecule has 5 nitrogen and oxygen atoms in total. The molecule has 0 aromatic rings. The quantitative estimate of drug-likeness (QED) is 0.789. The smallest absolute Gasteiger partial charge is 0.227 e. The molecule has 16 heavy (non-hydrogen) atoms. The molecule has 1 fully saturated rings. The van der Waals surface area contributed by atoms with Gasteiger partial charge in [0.25, 0.3) is 0 Å². The second-order valence-electron chi connectivity index (χ2n) is 4.17. The van der Waals surface area contributed by atoms with Crippen LogP contribution in [0.2, 0.25) is 0 Å². The Bertz CT molecular complexity index is 355. The fraction of sp³-hybridized carbons (Fsp3) is 0.900. The van der Waals surface area contributed by atoms with Crippen molar-refractivity contribution in [3.8, 4) is 6.07 Å². The van der Waals surface area contributed by atoms with Gasteiger partial charge >= 0.3 is 0 Å². The van der Waals surface area contributed by atoms with E-state index in [9.17, 15) is 8.42 Å². The van der Waals surface area contributed by atoms with Gasteiger partial charge in [0.2, 0.25) is 10.0 Å². The summed E-state index contributed by atoms with van der Waals surface area (Å²) in [6.07, 6.45) is 1.73. The minimum absolute atomic E-state index is 0.135. The Labute approximate surface area is 96.8 Å². The van der Waals surface area contributed by atoms with Crippen LogP contribution in [0.3, 0.4) is 0 Å². The first-order valence-corrected chi connectivity index (χ1v) is 7.00. The third-order valence-corrected chi connectivity index (χ3v) is 4.71. The van der Waals surface area contributed by atoms with Gasteiger partial charge in [-0.25, -0.2) is 13.1 Å². The van der Waals surface area contributed by atoms with Crippen LogP contribution in [0.15, 0.2) is 0 Å². The summed E-state index contributed by atoms with van der Waals surface area (Å²) < 4.78 is 31.1. The van der Waals surface area contributed by atoms with E-state index in [-0.39, 0.29) is 6.04 Å². The van der Waals surface area contributed by atoms with Gasteiger partial charge < -0.3 is 4.74 Å². The van der Waals surface area contributed by atoms with Crippen LogP contribution in [0.25, 0.3) is 0 Å². The topological polar surface area (TPSA) is 79.2 Å². The van der Waals surface area contributed by atoms with Crippen molar-refractivity contribution in [3.63, 3.8) is 0 Å². The van der Waals surface area contributed by atoms with Crippen molar-refractivity contribution in [3.05, 3.63) is 0 Å². The summed E-state index contributed by atoms with van der Waals surface area (Å²) in [4.78, 5) is 0. The van der Waals surface area contributed by atoms with Crippen molar-refractivity contribution in [2.45, 2.75) is 38.0 Å². The Hall–Kier alpha value is -0.640. The van der Waals surface area contributed by atoms with Gasteiger partial charge in [0, 0.05) is 19.3 Å². The normalized spacial score (nSPS) is 22.3. The fourth-order valence-electron chi connectivity index (χ4n) is 1.74. The molecule has 92 valence electrons. The first-order valence-electron chi connectivity index (χ1n) is 5.46. The van der Waals surface area contributed by atoms with Crippen LogP contribution in [0.4, 0.5) is 0 Å². The SMILES string of the molecule is CC(NS(=O)(=O)C(C)C#N)C1CCOCC1. The molecule has 0 radical (unpaired) electrons. The van der Waals surface area contributed by atoms with Gasteiger partial charge in [-0.15, -0.1) is 0 Å². The van der Waals surface area contributed by atoms with Crippen molar-refractivity contribution in [2.24, 2.45) is 5.92 Å². The first kappa shape index (κ1) is 13.4. The Morgan fingerprint density at radius 3 is 2.44 bits per heavy atom. The summed E-state index contributed by atoms with van der Waals surface area (Å²) in [5.74, 6) is 0.300. The van der Waals surface area contributed by atoms with Crippen LogP contribution in [0.1, 0.15) is 26.7 Å². The molecular weight excluding hydrogens is 228 g/mol. The van der Waals surface area contributed by atoms with Gasteiger partial charge in [-0.05, 0) is 32.6 Å². The average Bonchev–Trinajstić information content (AvgIpc) is 2.28. The number of nitriles is 1. The second-order valence-corrected chi connectivity index (χ2v) is 6.21. The molecule has 0 amide bonds. The lowest BCUT2D eigenvalue weighted by Crippen LogP contribution is -2.43. The first-order chi connectivity index (χ1) is 7.47. The molecule has 1 heterocycles. The zero-order valence-electron chi connectivity index (χ0n) is 9.64. The minimum atomic E-state index is -3.51. The van der Waals surface area contributed by atoms with Crippen molar-refractivity contribution in [1.29, 1.82) is 5.26 Å². The summed E-state index contributed by atoms with van der Waals surface area (Å²) in [7, 11) is -3.51. The van der Waals surface area contributed by atoms with E-state index in [1.807, 2.05) is 6.92 Å². The maximum absolute atomic E-state index is 11.6. The highest BCUT2D eigenvalue weighted by atomic mass is 32.2. The van der Waals surface area contributed by atoms with Crippen LogP contribution in [-0.4, -0.2) is 32.9 Å². The van der Waals surface area contributed by atoms with Crippen molar-refractivity contribution < 1.29 is 13.2 Å². The minimum Gasteiger partial charge on any atom is -0.381 e. The molecule has 1 rings (SSSR count). The predicted octanol–water partition coefficient (Wildman–Crippen LogP) is 0.633. The molecule has 0 aromatic heterocycles. The highest BCUT2D eigenvalue weighted by molar-refractivity contribution is 7.90. The highest BCUT2D eigenvalue weighted by Crippen LogP contribution is 2.19. The van der Waals surface area contributed by atoms with E-state index in [1.165, 1.54) is 6.92 Å². The Morgan fingerprint density at radius 1 is 1.38 bits per heavy atom. The second kappa shape index (κ2) is 5.62. The molecule has 0 aromatic carbocycles. The molecule has 1 aliphatic rings. The molecule has 1 N–H and O–H groups in total. The number of nitrogens with zero attached hydrogens (tertiary/aromatic N) is 1. The Balaban J connectivity index is 2.56. The van der Waals surface area contributed by atoms with Crippen LogP contribution >= 0.6 is 0 Å². The molecule has 2 unspecified atom stereocenters. The van der Waals surface area contributed by atoms with Crippen LogP contribution in [-0.2, 0) is 14.8 Å². The van der Waals surface area contributed by atoms with Gasteiger partial charge in [-0.1, -0.05) is 0 Å². The molecule has 6 heteroatoms. The number of rotatable bonds is 4. The van der Waals surface area contributed by atoms with E-state index in [2.05, 4.69) is 4.72 Å². The van der Waals surface area contributed by atoms with E-state index in [0.29, 0.717) is 19.1 Å². The summed E-state index contributed by atoms with van der Waals surface area (Å²) in [6.45, 7) is 4.60. The highest BCUT2D eigenvalue weighted by Gasteiger charge is 2.27. The van der Waals surface area contributed by atoms with Gasteiger partial charge in [0.1, 0.15) is 0 Å². The van der Waals surface area contributed by atoms with E-state index in [4.69, 9.17) is 10.00 Å². The maximum atomic E-state index is 11.6. The van der Waals surface area contributed by atoms with Crippen LogP contribution in [0, 0.1) is 17.2 Å². The zero-order valence-corrected chi connectivity index (χ0v) is 10.5. The molecule has 1 aliphatic heterocycles. The Kier molecular flexibility index (Phi) is 4.71. The number of hydrogen-bond acceptors (Lipinski definition) is 4. The third kappa shape index (κ3) is 3.44. The van der Waals surface area contributed by atoms with Crippen molar-refractivity contribution in [2.75, 3.05) is 13.2 Å². The van der Waals surface area contributed by atoms with E-state index < -0.39 is 15.3 Å². The fourth-order valence-corrected chi connectivity index (χ4v) is 2.80. The van der Waals surface area contributed by atoms with Gasteiger partial charge in [0.15, 0.2) is 5.25 Å². The molecule has 0 aliphatic carbocycles. The lowest BCUT2D eigenvalue weighted by molar-refractivity contribution is 0.0585. The average molecular weight is 246 g/mol. The summed E-state index contributed by atoms with van der Waals surface area (Å²) in [6, 6.07) is 1.60. The monoisotopic (exact) mass is 246 g/mol. The lowest BCUT2D eigenvalue weighted by Gasteiger charge is -2.28.